The van der Waals surface area contributed by atoms with Crippen molar-refractivity contribution in [2.75, 3.05) is 5.32 Å². The molecule has 0 atom stereocenters. The smallest absolute Gasteiger partial charge is 0.297 e. The molecule has 1 N–H and O–H groups in total. The summed E-state index contributed by atoms with van der Waals surface area (Å²) < 4.78 is 76.6. The number of amides is 1. The molecule has 0 unspecified atom stereocenters. The summed E-state index contributed by atoms with van der Waals surface area (Å²) in [5.41, 5.74) is -3.29. The first-order valence-electron chi connectivity index (χ1n) is 6.52. The minimum atomic E-state index is -5.44. The van der Waals surface area contributed by atoms with Gasteiger partial charge in [0.2, 0.25) is 5.82 Å². The average Bonchev–Trinajstić information content (AvgIpc) is 2.92. The van der Waals surface area contributed by atoms with E-state index >= 15 is 0 Å². The van der Waals surface area contributed by atoms with Crippen molar-refractivity contribution in [2.24, 2.45) is 0 Å². The van der Waals surface area contributed by atoms with E-state index in [1.807, 2.05) is 0 Å². The summed E-state index contributed by atoms with van der Waals surface area (Å²) in [6.07, 6.45) is -9.98. The topological polar surface area (TPSA) is 90.1 Å². The molecule has 0 spiro atoms. The largest absolute Gasteiger partial charge is 1.00 e. The maximum absolute atomic E-state index is 12.9. The number of carbonyl (C=O) groups is 1. The molecule has 0 fully saturated rings. The van der Waals surface area contributed by atoms with Crippen molar-refractivity contribution in [1.29, 1.82) is 0 Å². The zero-order valence-electron chi connectivity index (χ0n) is 13.6. The summed E-state index contributed by atoms with van der Waals surface area (Å²) in [6, 6.07) is 0.300. The average molecular weight is 511 g/mol. The Morgan fingerprint density at radius 3 is 2.14 bits per heavy atom. The molecule has 2 aromatic rings. The van der Waals surface area contributed by atoms with Gasteiger partial charge in [0.1, 0.15) is 11.9 Å². The van der Waals surface area contributed by atoms with E-state index in [2.05, 4.69) is 5.10 Å². The fourth-order valence-electron chi connectivity index (χ4n) is 1.92. The molecule has 17 heteroatoms. The van der Waals surface area contributed by atoms with Crippen molar-refractivity contribution in [3.8, 4) is 5.69 Å². The normalized spacial score (nSPS) is 11.8. The van der Waals surface area contributed by atoms with Crippen LogP contribution in [0.1, 0.15) is 5.56 Å². The fraction of sp³-hybridized carbons (Fsp3) is 0.167. The van der Waals surface area contributed by atoms with Gasteiger partial charge in [0, 0.05) is 0 Å². The minimum absolute atomic E-state index is 0. The van der Waals surface area contributed by atoms with Crippen LogP contribution in [0.3, 0.4) is 0 Å². The Bertz CT molecular complexity index is 979. The third kappa shape index (κ3) is 5.55. The summed E-state index contributed by atoms with van der Waals surface area (Å²) in [6.45, 7) is 0. The molecule has 29 heavy (non-hydrogen) atoms. The van der Waals surface area contributed by atoms with E-state index in [4.69, 9.17) is 34.8 Å². The van der Waals surface area contributed by atoms with Crippen molar-refractivity contribution >= 4 is 52.2 Å². The van der Waals surface area contributed by atoms with Crippen LogP contribution in [-0.2, 0) is 11.0 Å². The van der Waals surface area contributed by atoms with Crippen LogP contribution in [0.5, 0.6) is 0 Å². The van der Waals surface area contributed by atoms with Crippen LogP contribution < -0.4 is 56.7 Å². The third-order valence-corrected chi connectivity index (χ3v) is 4.23. The van der Waals surface area contributed by atoms with E-state index < -0.39 is 61.0 Å². The van der Waals surface area contributed by atoms with Crippen molar-refractivity contribution in [1.82, 2.24) is 9.78 Å². The Morgan fingerprint density at radius 1 is 1.14 bits per heavy atom. The molecule has 0 aliphatic rings. The van der Waals surface area contributed by atoms with Gasteiger partial charge < -0.3 is 0 Å². The van der Waals surface area contributed by atoms with Crippen LogP contribution in [0.15, 0.2) is 12.3 Å². The summed E-state index contributed by atoms with van der Waals surface area (Å²) in [5.74, 6) is -3.76. The van der Waals surface area contributed by atoms with Gasteiger partial charge in [0.05, 0.1) is 25.6 Å². The maximum Gasteiger partial charge on any atom is 1.00 e. The van der Waals surface area contributed by atoms with Crippen molar-refractivity contribution < 1.29 is 87.4 Å². The van der Waals surface area contributed by atoms with Gasteiger partial charge in [-0.15, -0.1) is 0 Å². The standard InChI is InChI=1S/C12H3Cl3F6N4O3.K/c13-4-1-3(11(16,17)18)6(14)7(15)8(4)24-9(5(2-22-24)25(27)28)23-10(26)12(19,20)21;/h1-2H,(H,23,26);/q;+1. The third-order valence-electron chi connectivity index (χ3n) is 3.09. The zero-order chi connectivity index (χ0) is 21.6. The monoisotopic (exact) mass is 509 g/mol. The van der Waals surface area contributed by atoms with E-state index in [1.54, 1.807) is 0 Å². The Morgan fingerprint density at radius 2 is 1.69 bits per heavy atom. The van der Waals surface area contributed by atoms with Crippen molar-refractivity contribution in [2.45, 2.75) is 12.4 Å². The molecule has 7 nitrogen and oxygen atoms in total. The summed E-state index contributed by atoms with van der Waals surface area (Å²) >= 11 is 17.0. The van der Waals surface area contributed by atoms with Crippen LogP contribution >= 0.6 is 34.8 Å². The summed E-state index contributed by atoms with van der Waals surface area (Å²) in [5, 5.41) is 12.8. The number of nitrogens with one attached hydrogen (secondary N) is 1. The Balaban J connectivity index is 0.00000420. The van der Waals surface area contributed by atoms with Crippen LogP contribution in [-0.4, -0.2) is 26.8 Å². The van der Waals surface area contributed by atoms with Gasteiger partial charge in [-0.05, 0) is 6.07 Å². The van der Waals surface area contributed by atoms with Crippen LogP contribution in [0.4, 0.5) is 37.8 Å². The van der Waals surface area contributed by atoms with Gasteiger partial charge in [-0.3, -0.25) is 20.2 Å². The predicted molar refractivity (Wildman–Crippen MR) is 84.9 cm³/mol. The molecule has 0 bridgehead atoms. The van der Waals surface area contributed by atoms with E-state index in [0.29, 0.717) is 12.3 Å². The van der Waals surface area contributed by atoms with Crippen LogP contribution in [0.2, 0.25) is 15.1 Å². The first-order valence-corrected chi connectivity index (χ1v) is 7.65. The Labute approximate surface area is 213 Å². The number of halogens is 9. The number of nitro groups is 1. The molecule has 0 radical (unpaired) electrons. The summed E-state index contributed by atoms with van der Waals surface area (Å²) in [4.78, 5) is 21.0. The SMILES string of the molecule is O=C(Nc1c([N+](=O)[O-])cnn1-c1c(Cl)cc(C(F)(F)F)c(Cl)c1Cl)C(F)(F)F.[K+]. The number of carbonyl (C=O) groups excluding carboxylic acids is 1. The number of alkyl halides is 6. The molecule has 0 saturated carbocycles. The molecule has 1 amide bonds. The number of rotatable bonds is 3. The van der Waals surface area contributed by atoms with Gasteiger partial charge in [-0.2, -0.15) is 31.4 Å². The van der Waals surface area contributed by atoms with E-state index in [1.165, 1.54) is 5.32 Å². The molecular weight excluding hydrogens is 508 g/mol. The maximum atomic E-state index is 12.9. The van der Waals surface area contributed by atoms with Gasteiger partial charge in [0.15, 0.2) is 0 Å². The minimum Gasteiger partial charge on any atom is -0.297 e. The number of benzene rings is 1. The number of hydrogen-bond donors (Lipinski definition) is 1. The first kappa shape index (κ1) is 26.4. The second-order valence-corrected chi connectivity index (χ2v) is 6.04. The van der Waals surface area contributed by atoms with Gasteiger partial charge in [-0.25, -0.2) is 4.68 Å². The molecule has 0 saturated heterocycles. The molecule has 152 valence electrons. The second kappa shape index (κ2) is 9.26. The predicted octanol–water partition coefficient (Wildman–Crippen LogP) is 2.26. The van der Waals surface area contributed by atoms with E-state index in [0.717, 1.165) is 0 Å². The number of aromatic nitrogens is 2. The van der Waals surface area contributed by atoms with E-state index in [-0.39, 0.29) is 56.1 Å². The van der Waals surface area contributed by atoms with Crippen LogP contribution in [0, 0.1) is 10.1 Å². The molecular formula is C12H3Cl3F6KN4O3+. The molecule has 1 heterocycles. The molecule has 1 aromatic heterocycles. The van der Waals surface area contributed by atoms with Gasteiger partial charge in [-0.1, -0.05) is 34.8 Å². The van der Waals surface area contributed by atoms with Gasteiger partial charge >= 0.3 is 75.3 Å². The number of nitrogens with zero attached hydrogens (tertiary/aromatic N) is 3. The first-order chi connectivity index (χ1) is 12.7. The Kier molecular flexibility index (Phi) is 8.43. The fourth-order valence-corrected chi connectivity index (χ4v) is 2.79. The molecule has 2 rings (SSSR count). The molecule has 1 aromatic carbocycles. The Hall–Kier alpha value is -0.614. The van der Waals surface area contributed by atoms with E-state index in [9.17, 15) is 41.3 Å². The number of anilines is 1. The number of hydrogen-bond acceptors (Lipinski definition) is 4. The summed E-state index contributed by atoms with van der Waals surface area (Å²) in [7, 11) is 0. The van der Waals surface area contributed by atoms with Crippen LogP contribution in [0.25, 0.3) is 5.69 Å². The quantitative estimate of drug-likeness (QED) is 0.226. The van der Waals surface area contributed by atoms with Crippen molar-refractivity contribution in [3.05, 3.63) is 43.0 Å². The molecule has 0 aliphatic carbocycles. The second-order valence-electron chi connectivity index (χ2n) is 4.88. The molecule has 0 aliphatic heterocycles. The van der Waals surface area contributed by atoms with Crippen molar-refractivity contribution in [3.63, 3.8) is 0 Å². The van der Waals surface area contributed by atoms with Gasteiger partial charge in [0.25, 0.3) is 0 Å². The zero-order valence-corrected chi connectivity index (χ0v) is 19.0.